The molecule has 1 aliphatic rings. The van der Waals surface area contributed by atoms with Crippen LogP contribution in [0, 0.1) is 11.8 Å². The lowest BCUT2D eigenvalue weighted by molar-refractivity contribution is 0.117. The van der Waals surface area contributed by atoms with Crippen LogP contribution in [-0.4, -0.2) is 55.6 Å². The average Bonchev–Trinajstić information content (AvgIpc) is 2.32. The first kappa shape index (κ1) is 14.9. The predicted molar refractivity (Wildman–Crippen MR) is 75.2 cm³/mol. The van der Waals surface area contributed by atoms with Gasteiger partial charge in [-0.25, -0.2) is 0 Å². The van der Waals surface area contributed by atoms with Crippen LogP contribution in [0.15, 0.2) is 0 Å². The van der Waals surface area contributed by atoms with Gasteiger partial charge in [0.1, 0.15) is 0 Å². The summed E-state index contributed by atoms with van der Waals surface area (Å²) >= 11 is 0. The van der Waals surface area contributed by atoms with E-state index in [-0.39, 0.29) is 0 Å². The third kappa shape index (κ3) is 5.84. The van der Waals surface area contributed by atoms with E-state index in [9.17, 15) is 0 Å². The molecule has 3 heteroatoms. The van der Waals surface area contributed by atoms with Crippen molar-refractivity contribution in [3.63, 3.8) is 0 Å². The molecule has 17 heavy (non-hydrogen) atoms. The van der Waals surface area contributed by atoms with Crippen LogP contribution in [0.2, 0.25) is 0 Å². The second-order valence-electron chi connectivity index (χ2n) is 5.83. The van der Waals surface area contributed by atoms with E-state index in [2.05, 4.69) is 30.6 Å². The molecular formula is C14H31N3. The van der Waals surface area contributed by atoms with Crippen molar-refractivity contribution in [3.8, 4) is 0 Å². The van der Waals surface area contributed by atoms with Gasteiger partial charge in [0.05, 0.1) is 0 Å². The molecule has 1 atom stereocenters. The van der Waals surface area contributed by atoms with Crippen LogP contribution in [0.1, 0.15) is 33.6 Å². The Morgan fingerprint density at radius 2 is 1.65 bits per heavy atom. The highest BCUT2D eigenvalue weighted by atomic mass is 15.3. The minimum absolute atomic E-state index is 0.726. The lowest BCUT2D eigenvalue weighted by atomic mass is 10.0. The van der Waals surface area contributed by atoms with Gasteiger partial charge in [-0.15, -0.1) is 0 Å². The van der Waals surface area contributed by atoms with Crippen LogP contribution in [0.3, 0.4) is 0 Å². The van der Waals surface area contributed by atoms with Gasteiger partial charge in [-0.2, -0.15) is 0 Å². The van der Waals surface area contributed by atoms with Crippen molar-refractivity contribution in [1.82, 2.24) is 9.80 Å². The highest BCUT2D eigenvalue weighted by molar-refractivity contribution is 4.73. The van der Waals surface area contributed by atoms with Crippen molar-refractivity contribution >= 4 is 0 Å². The van der Waals surface area contributed by atoms with Crippen LogP contribution in [0.25, 0.3) is 0 Å². The van der Waals surface area contributed by atoms with Crippen molar-refractivity contribution < 1.29 is 0 Å². The number of rotatable bonds is 7. The van der Waals surface area contributed by atoms with Gasteiger partial charge >= 0.3 is 0 Å². The zero-order valence-corrected chi connectivity index (χ0v) is 12.0. The van der Waals surface area contributed by atoms with E-state index in [0.29, 0.717) is 0 Å². The predicted octanol–water partition coefficient (Wildman–Crippen LogP) is 1.64. The average molecular weight is 241 g/mol. The molecule has 0 aromatic heterocycles. The molecule has 0 aromatic rings. The summed E-state index contributed by atoms with van der Waals surface area (Å²) in [5, 5.41) is 0. The summed E-state index contributed by atoms with van der Waals surface area (Å²) in [6.45, 7) is 15.2. The number of hydrogen-bond acceptors (Lipinski definition) is 3. The van der Waals surface area contributed by atoms with E-state index in [0.717, 1.165) is 18.4 Å². The largest absolute Gasteiger partial charge is 0.330 e. The van der Waals surface area contributed by atoms with Crippen LogP contribution in [-0.2, 0) is 0 Å². The monoisotopic (exact) mass is 241 g/mol. The molecule has 1 unspecified atom stereocenters. The first-order valence-corrected chi connectivity index (χ1v) is 7.30. The third-order valence-electron chi connectivity index (χ3n) is 3.85. The summed E-state index contributed by atoms with van der Waals surface area (Å²) in [6.07, 6.45) is 2.50. The van der Waals surface area contributed by atoms with Gasteiger partial charge in [0.15, 0.2) is 0 Å². The zero-order valence-electron chi connectivity index (χ0n) is 12.0. The maximum absolute atomic E-state index is 5.75. The highest BCUT2D eigenvalue weighted by Gasteiger charge is 2.17. The third-order valence-corrected chi connectivity index (χ3v) is 3.85. The minimum Gasteiger partial charge on any atom is -0.330 e. The Kier molecular flexibility index (Phi) is 7.09. The van der Waals surface area contributed by atoms with Crippen LogP contribution in [0.5, 0.6) is 0 Å². The minimum atomic E-state index is 0.726. The Bertz CT molecular complexity index is 182. The van der Waals surface area contributed by atoms with Crippen molar-refractivity contribution in [2.24, 2.45) is 17.6 Å². The fourth-order valence-corrected chi connectivity index (χ4v) is 2.57. The first-order chi connectivity index (χ1) is 8.15. The number of piperazine rings is 1. The quantitative estimate of drug-likeness (QED) is 0.735. The molecule has 102 valence electrons. The van der Waals surface area contributed by atoms with E-state index in [1.165, 1.54) is 52.1 Å². The molecule has 0 saturated carbocycles. The van der Waals surface area contributed by atoms with Crippen molar-refractivity contribution in [2.45, 2.75) is 33.6 Å². The fraction of sp³-hybridized carbons (Fsp3) is 1.00. The molecule has 1 aliphatic heterocycles. The Morgan fingerprint density at radius 1 is 1.06 bits per heavy atom. The maximum Gasteiger partial charge on any atom is 0.0110 e. The van der Waals surface area contributed by atoms with Gasteiger partial charge in [-0.05, 0) is 31.3 Å². The molecule has 0 aromatic carbocycles. The Morgan fingerprint density at radius 3 is 2.12 bits per heavy atom. The van der Waals surface area contributed by atoms with Gasteiger partial charge in [0.2, 0.25) is 0 Å². The van der Waals surface area contributed by atoms with Crippen molar-refractivity contribution in [3.05, 3.63) is 0 Å². The number of nitrogens with zero attached hydrogens (tertiary/aromatic N) is 2. The lowest BCUT2D eigenvalue weighted by Gasteiger charge is -2.36. The topological polar surface area (TPSA) is 32.5 Å². The molecule has 3 nitrogen and oxygen atoms in total. The molecule has 0 amide bonds. The van der Waals surface area contributed by atoms with E-state index in [4.69, 9.17) is 5.73 Å². The first-order valence-electron chi connectivity index (χ1n) is 7.30. The number of nitrogens with two attached hydrogens (primary N) is 1. The van der Waals surface area contributed by atoms with Gasteiger partial charge in [0.25, 0.3) is 0 Å². The molecule has 0 radical (unpaired) electrons. The summed E-state index contributed by atoms with van der Waals surface area (Å²) in [6, 6.07) is 0. The highest BCUT2D eigenvalue weighted by Crippen LogP contribution is 2.10. The maximum atomic E-state index is 5.75. The summed E-state index contributed by atoms with van der Waals surface area (Å²) in [7, 11) is 0. The molecule has 1 saturated heterocycles. The summed E-state index contributed by atoms with van der Waals surface area (Å²) in [5.41, 5.74) is 5.75. The molecular weight excluding hydrogens is 210 g/mol. The molecule has 1 fully saturated rings. The molecule has 2 N–H and O–H groups in total. The van der Waals surface area contributed by atoms with Crippen LogP contribution < -0.4 is 5.73 Å². The van der Waals surface area contributed by atoms with E-state index < -0.39 is 0 Å². The van der Waals surface area contributed by atoms with Crippen LogP contribution >= 0.6 is 0 Å². The summed E-state index contributed by atoms with van der Waals surface area (Å²) < 4.78 is 0. The van der Waals surface area contributed by atoms with E-state index in [1.807, 2.05) is 0 Å². The Balaban J connectivity index is 2.14. The molecule has 0 bridgehead atoms. The summed E-state index contributed by atoms with van der Waals surface area (Å²) in [5.74, 6) is 1.52. The normalized spacial score (nSPS) is 21.0. The van der Waals surface area contributed by atoms with Gasteiger partial charge in [-0.3, -0.25) is 0 Å². The summed E-state index contributed by atoms with van der Waals surface area (Å²) in [4.78, 5) is 5.20. The lowest BCUT2D eigenvalue weighted by Crippen LogP contribution is -2.47. The molecule has 0 spiro atoms. The zero-order chi connectivity index (χ0) is 12.7. The van der Waals surface area contributed by atoms with Gasteiger partial charge in [0, 0.05) is 32.7 Å². The van der Waals surface area contributed by atoms with E-state index >= 15 is 0 Å². The number of hydrogen-bond donors (Lipinski definition) is 1. The van der Waals surface area contributed by atoms with Gasteiger partial charge in [-0.1, -0.05) is 27.2 Å². The van der Waals surface area contributed by atoms with Crippen molar-refractivity contribution in [2.75, 3.05) is 45.8 Å². The smallest absolute Gasteiger partial charge is 0.0110 e. The van der Waals surface area contributed by atoms with Crippen LogP contribution in [0.4, 0.5) is 0 Å². The van der Waals surface area contributed by atoms with Crippen molar-refractivity contribution in [1.29, 1.82) is 0 Å². The molecule has 1 rings (SSSR count). The second kappa shape index (κ2) is 8.06. The molecule has 0 aliphatic carbocycles. The van der Waals surface area contributed by atoms with E-state index in [1.54, 1.807) is 0 Å². The molecule has 1 heterocycles. The Hall–Kier alpha value is -0.120. The standard InChI is InChI=1S/C14H31N3/c1-4-14(11-15)5-6-16-7-9-17(10-8-16)12-13(2)3/h13-14H,4-12,15H2,1-3H3. The Labute approximate surface area is 107 Å². The second-order valence-corrected chi connectivity index (χ2v) is 5.83. The van der Waals surface area contributed by atoms with Gasteiger partial charge < -0.3 is 15.5 Å². The SMILES string of the molecule is CCC(CN)CCN1CCN(CC(C)C)CC1. The fourth-order valence-electron chi connectivity index (χ4n) is 2.57.